The van der Waals surface area contributed by atoms with Crippen LogP contribution in [0.2, 0.25) is 0 Å². The van der Waals surface area contributed by atoms with Gasteiger partial charge in [0, 0.05) is 11.3 Å². The van der Waals surface area contributed by atoms with E-state index in [9.17, 15) is 9.59 Å². The number of nitrogens with two attached hydrogens (primary N) is 1. The summed E-state index contributed by atoms with van der Waals surface area (Å²) in [5.74, 6) is -0.624. The summed E-state index contributed by atoms with van der Waals surface area (Å²) in [6.07, 6.45) is 0. The number of anilines is 1. The van der Waals surface area contributed by atoms with Gasteiger partial charge in [-0.15, -0.1) is 0 Å². The van der Waals surface area contributed by atoms with Crippen LogP contribution in [-0.4, -0.2) is 17.9 Å². The smallest absolute Gasteiger partial charge is 0.246 e. The zero-order valence-corrected chi connectivity index (χ0v) is 9.78. The Balaban J connectivity index is 2.29. The Kier molecular flexibility index (Phi) is 2.85. The summed E-state index contributed by atoms with van der Waals surface area (Å²) in [7, 11) is 0. The molecule has 1 aliphatic heterocycles. The van der Waals surface area contributed by atoms with E-state index in [1.807, 2.05) is 25.1 Å². The summed E-state index contributed by atoms with van der Waals surface area (Å²) >= 11 is 0. The van der Waals surface area contributed by atoms with E-state index in [0.29, 0.717) is 0 Å². The molecule has 0 aliphatic carbocycles. The van der Waals surface area contributed by atoms with Crippen molar-refractivity contribution in [3.05, 3.63) is 29.3 Å². The Bertz CT molecular complexity index is 485. The maximum absolute atomic E-state index is 11.8. The van der Waals surface area contributed by atoms with Crippen LogP contribution in [0.5, 0.6) is 0 Å². The third-order valence-electron chi connectivity index (χ3n) is 2.97. The van der Waals surface area contributed by atoms with E-state index in [1.165, 1.54) is 0 Å². The molecule has 4 N–H and O–H groups in total. The van der Waals surface area contributed by atoms with E-state index in [0.717, 1.165) is 16.8 Å². The van der Waals surface area contributed by atoms with Gasteiger partial charge in [-0.3, -0.25) is 14.9 Å². The van der Waals surface area contributed by atoms with E-state index in [2.05, 4.69) is 10.6 Å². The minimum absolute atomic E-state index is 0.151. The average Bonchev–Trinajstić information content (AvgIpc) is 2.58. The van der Waals surface area contributed by atoms with E-state index in [1.54, 1.807) is 6.92 Å². The van der Waals surface area contributed by atoms with Crippen LogP contribution >= 0.6 is 0 Å². The van der Waals surface area contributed by atoms with Gasteiger partial charge in [-0.1, -0.05) is 18.2 Å². The maximum Gasteiger partial charge on any atom is 0.246 e. The first-order valence-electron chi connectivity index (χ1n) is 5.46. The Hall–Kier alpha value is -1.88. The van der Waals surface area contributed by atoms with Crippen molar-refractivity contribution >= 4 is 17.5 Å². The molecule has 1 aliphatic rings. The fraction of sp³-hybridized carbons (Fsp3) is 0.333. The van der Waals surface area contributed by atoms with Gasteiger partial charge >= 0.3 is 0 Å². The van der Waals surface area contributed by atoms with Crippen LogP contribution in [0.3, 0.4) is 0 Å². The minimum Gasteiger partial charge on any atom is -0.368 e. The van der Waals surface area contributed by atoms with Crippen molar-refractivity contribution in [1.82, 2.24) is 5.32 Å². The molecule has 0 saturated heterocycles. The second-order valence-corrected chi connectivity index (χ2v) is 4.25. The second-order valence-electron chi connectivity index (χ2n) is 4.25. The number of fused-ring (bicyclic) bond motifs is 1. The molecule has 0 radical (unpaired) electrons. The minimum atomic E-state index is -0.544. The number of benzene rings is 1. The van der Waals surface area contributed by atoms with Crippen molar-refractivity contribution < 1.29 is 9.59 Å². The number of para-hydroxylation sites is 1. The molecule has 1 heterocycles. The molecule has 0 fully saturated rings. The largest absolute Gasteiger partial charge is 0.368 e. The molecular weight excluding hydrogens is 218 g/mol. The third-order valence-corrected chi connectivity index (χ3v) is 2.97. The van der Waals surface area contributed by atoms with E-state index in [-0.39, 0.29) is 5.91 Å². The third kappa shape index (κ3) is 2.01. The summed E-state index contributed by atoms with van der Waals surface area (Å²) < 4.78 is 0. The van der Waals surface area contributed by atoms with Gasteiger partial charge < -0.3 is 11.1 Å². The molecule has 2 unspecified atom stereocenters. The molecule has 1 aromatic rings. The average molecular weight is 233 g/mol. The standard InChI is InChI=1S/C12H15N3O2/c1-6-4-3-5-8-9(6)15-12(17)10(8)14-7(2)11(13)16/h3-5,7,10,14H,1-2H3,(H2,13,16)(H,15,17). The number of primary amides is 1. The fourth-order valence-electron chi connectivity index (χ4n) is 1.94. The lowest BCUT2D eigenvalue weighted by Crippen LogP contribution is -2.42. The van der Waals surface area contributed by atoms with Crippen molar-refractivity contribution in [2.75, 3.05) is 5.32 Å². The molecule has 17 heavy (non-hydrogen) atoms. The van der Waals surface area contributed by atoms with Crippen molar-refractivity contribution in [2.24, 2.45) is 5.73 Å². The number of amides is 2. The monoisotopic (exact) mass is 233 g/mol. The zero-order chi connectivity index (χ0) is 12.6. The van der Waals surface area contributed by atoms with Crippen LogP contribution in [0, 0.1) is 6.92 Å². The molecule has 0 spiro atoms. The molecule has 2 amide bonds. The Morgan fingerprint density at radius 3 is 2.88 bits per heavy atom. The van der Waals surface area contributed by atoms with E-state index in [4.69, 9.17) is 5.73 Å². The van der Waals surface area contributed by atoms with Crippen LogP contribution < -0.4 is 16.4 Å². The number of nitrogens with one attached hydrogen (secondary N) is 2. The van der Waals surface area contributed by atoms with Crippen molar-refractivity contribution in [1.29, 1.82) is 0 Å². The van der Waals surface area contributed by atoms with Gasteiger partial charge in [0.25, 0.3) is 0 Å². The maximum atomic E-state index is 11.8. The normalized spacial score (nSPS) is 19.6. The van der Waals surface area contributed by atoms with Crippen LogP contribution in [0.1, 0.15) is 24.1 Å². The highest BCUT2D eigenvalue weighted by Gasteiger charge is 2.32. The summed E-state index contributed by atoms with van der Waals surface area (Å²) in [6.45, 7) is 3.57. The Morgan fingerprint density at radius 1 is 1.53 bits per heavy atom. The number of rotatable bonds is 3. The first-order valence-corrected chi connectivity index (χ1v) is 5.46. The van der Waals surface area contributed by atoms with E-state index < -0.39 is 18.0 Å². The summed E-state index contributed by atoms with van der Waals surface area (Å²) in [6, 6.07) is 4.63. The zero-order valence-electron chi connectivity index (χ0n) is 9.78. The lowest BCUT2D eigenvalue weighted by molar-refractivity contribution is -0.121. The molecule has 1 aromatic carbocycles. The first kappa shape index (κ1) is 11.6. The van der Waals surface area contributed by atoms with Crippen LogP contribution in [-0.2, 0) is 9.59 Å². The first-order chi connectivity index (χ1) is 8.00. The molecule has 0 bridgehead atoms. The molecule has 2 rings (SSSR count). The van der Waals surface area contributed by atoms with Crippen LogP contribution in [0.4, 0.5) is 5.69 Å². The van der Waals surface area contributed by atoms with Gasteiger partial charge in [-0.2, -0.15) is 0 Å². The van der Waals surface area contributed by atoms with E-state index >= 15 is 0 Å². The SMILES string of the molecule is Cc1cccc2c1NC(=O)C2NC(C)C(N)=O. The lowest BCUT2D eigenvalue weighted by Gasteiger charge is -2.15. The topological polar surface area (TPSA) is 84.2 Å². The lowest BCUT2D eigenvalue weighted by atomic mass is 10.0. The molecule has 5 heteroatoms. The number of hydrogen-bond acceptors (Lipinski definition) is 3. The molecular formula is C12H15N3O2. The highest BCUT2D eigenvalue weighted by atomic mass is 16.2. The Morgan fingerprint density at radius 2 is 2.24 bits per heavy atom. The van der Waals surface area contributed by atoms with Gasteiger partial charge in [-0.25, -0.2) is 0 Å². The number of hydrogen-bond donors (Lipinski definition) is 3. The highest BCUT2D eigenvalue weighted by molar-refractivity contribution is 6.03. The fourth-order valence-corrected chi connectivity index (χ4v) is 1.94. The second kappa shape index (κ2) is 4.18. The van der Waals surface area contributed by atoms with Crippen molar-refractivity contribution in [2.45, 2.75) is 25.9 Å². The summed E-state index contributed by atoms with van der Waals surface area (Å²) in [4.78, 5) is 22.8. The van der Waals surface area contributed by atoms with Crippen LogP contribution in [0.15, 0.2) is 18.2 Å². The summed E-state index contributed by atoms with van der Waals surface area (Å²) in [5.41, 5.74) is 7.87. The van der Waals surface area contributed by atoms with Gasteiger partial charge in [0.2, 0.25) is 11.8 Å². The highest BCUT2D eigenvalue weighted by Crippen LogP contribution is 2.33. The Labute approximate surface area is 99.4 Å². The van der Waals surface area contributed by atoms with Gasteiger partial charge in [-0.05, 0) is 19.4 Å². The van der Waals surface area contributed by atoms with Crippen LogP contribution in [0.25, 0.3) is 0 Å². The molecule has 0 aromatic heterocycles. The number of carbonyl (C=O) groups excluding carboxylic acids is 2. The summed E-state index contributed by atoms with van der Waals surface area (Å²) in [5, 5.41) is 5.73. The molecule has 90 valence electrons. The molecule has 0 saturated carbocycles. The molecule has 2 atom stereocenters. The quantitative estimate of drug-likeness (QED) is 0.708. The van der Waals surface area contributed by atoms with Gasteiger partial charge in [0.1, 0.15) is 6.04 Å². The van der Waals surface area contributed by atoms with Crippen molar-refractivity contribution in [3.63, 3.8) is 0 Å². The number of carbonyl (C=O) groups is 2. The predicted molar refractivity (Wildman–Crippen MR) is 64.3 cm³/mol. The molecule has 5 nitrogen and oxygen atoms in total. The van der Waals surface area contributed by atoms with Gasteiger partial charge in [0.05, 0.1) is 6.04 Å². The number of aryl methyl sites for hydroxylation is 1. The van der Waals surface area contributed by atoms with Crippen molar-refractivity contribution in [3.8, 4) is 0 Å². The van der Waals surface area contributed by atoms with Gasteiger partial charge in [0.15, 0.2) is 0 Å². The predicted octanol–water partition coefficient (Wildman–Crippen LogP) is 0.452.